The highest BCUT2D eigenvalue weighted by Crippen LogP contribution is 2.48. The first-order valence-electron chi connectivity index (χ1n) is 10.2. The zero-order valence-electron chi connectivity index (χ0n) is 16.8. The van der Waals surface area contributed by atoms with Gasteiger partial charge in [0.15, 0.2) is 0 Å². The summed E-state index contributed by atoms with van der Waals surface area (Å²) in [6.07, 6.45) is 3.88. The number of aryl methyl sites for hydroxylation is 2. The van der Waals surface area contributed by atoms with E-state index in [0.717, 1.165) is 40.3 Å². The Morgan fingerprint density at radius 1 is 1.14 bits per heavy atom. The fourth-order valence-electron chi connectivity index (χ4n) is 4.86. The van der Waals surface area contributed by atoms with Crippen LogP contribution in [0.5, 0.6) is 0 Å². The molecule has 2 fully saturated rings. The van der Waals surface area contributed by atoms with E-state index in [0.29, 0.717) is 18.8 Å². The number of carbonyl (C=O) groups excluding carboxylic acids is 2. The summed E-state index contributed by atoms with van der Waals surface area (Å²) in [5, 5.41) is 5.51. The van der Waals surface area contributed by atoms with E-state index in [1.807, 2.05) is 55.3 Å². The summed E-state index contributed by atoms with van der Waals surface area (Å²) in [6.45, 7) is 5.41. The molecule has 1 atom stereocenters. The smallest absolute Gasteiger partial charge is 0.270 e. The third-order valence-electron chi connectivity index (χ3n) is 6.77. The third kappa shape index (κ3) is 2.84. The molecule has 0 radical (unpaired) electrons. The summed E-state index contributed by atoms with van der Waals surface area (Å²) in [5.41, 5.74) is 3.49. The fraction of sp³-hybridized carbons (Fsp3) is 0.333. The van der Waals surface area contributed by atoms with Crippen molar-refractivity contribution in [2.24, 2.45) is 5.41 Å². The number of hydrogen-bond donors (Lipinski definition) is 2. The van der Waals surface area contributed by atoms with Crippen LogP contribution in [0, 0.1) is 19.3 Å². The van der Waals surface area contributed by atoms with Gasteiger partial charge in [-0.25, -0.2) is 0 Å². The molecule has 1 unspecified atom stereocenters. The Hall–Kier alpha value is -3.08. The minimum atomic E-state index is -0.0119. The summed E-state index contributed by atoms with van der Waals surface area (Å²) in [4.78, 5) is 30.5. The van der Waals surface area contributed by atoms with Gasteiger partial charge >= 0.3 is 0 Å². The number of rotatable bonds is 3. The molecule has 5 nitrogen and oxygen atoms in total. The van der Waals surface area contributed by atoms with Crippen molar-refractivity contribution in [2.45, 2.75) is 32.7 Å². The fourth-order valence-corrected chi connectivity index (χ4v) is 4.86. The van der Waals surface area contributed by atoms with Crippen LogP contribution in [-0.2, 0) is 0 Å². The zero-order valence-corrected chi connectivity index (χ0v) is 16.8. The van der Waals surface area contributed by atoms with E-state index < -0.39 is 0 Å². The van der Waals surface area contributed by atoms with Crippen LogP contribution in [0.1, 0.15) is 44.8 Å². The van der Waals surface area contributed by atoms with Crippen molar-refractivity contribution in [3.05, 3.63) is 71.0 Å². The van der Waals surface area contributed by atoms with Crippen LogP contribution in [0.2, 0.25) is 0 Å². The molecule has 5 heteroatoms. The second kappa shape index (κ2) is 6.48. The summed E-state index contributed by atoms with van der Waals surface area (Å²) < 4.78 is 0. The van der Waals surface area contributed by atoms with Gasteiger partial charge in [-0.3, -0.25) is 9.59 Å². The Morgan fingerprint density at radius 3 is 2.62 bits per heavy atom. The quantitative estimate of drug-likeness (QED) is 0.718. The lowest BCUT2D eigenvalue weighted by Crippen LogP contribution is -2.71. The van der Waals surface area contributed by atoms with Crippen LogP contribution in [0.4, 0.5) is 0 Å². The van der Waals surface area contributed by atoms with Gasteiger partial charge in [-0.05, 0) is 60.7 Å². The van der Waals surface area contributed by atoms with Crippen molar-refractivity contribution in [3.8, 4) is 0 Å². The summed E-state index contributed by atoms with van der Waals surface area (Å²) >= 11 is 0. The van der Waals surface area contributed by atoms with E-state index in [2.05, 4.69) is 22.4 Å². The number of fused-ring (bicyclic) bond motifs is 1. The lowest BCUT2D eigenvalue weighted by Gasteiger charge is -2.60. The molecular weight excluding hydrogens is 362 g/mol. The molecule has 2 N–H and O–H groups in total. The number of hydrogen-bond acceptors (Lipinski definition) is 2. The topological polar surface area (TPSA) is 65.2 Å². The first-order valence-corrected chi connectivity index (χ1v) is 10.2. The van der Waals surface area contributed by atoms with Crippen molar-refractivity contribution in [3.63, 3.8) is 0 Å². The number of likely N-dealkylation sites (tertiary alicyclic amines) is 1. The molecule has 5 rings (SSSR count). The van der Waals surface area contributed by atoms with Gasteiger partial charge in [0.1, 0.15) is 5.69 Å². The maximum atomic E-state index is 13.0. The first kappa shape index (κ1) is 18.0. The highest BCUT2D eigenvalue weighted by Gasteiger charge is 2.56. The van der Waals surface area contributed by atoms with Gasteiger partial charge < -0.3 is 15.2 Å². The number of H-pyrrole nitrogens is 1. The predicted octanol–water partition coefficient (Wildman–Crippen LogP) is 3.82. The monoisotopic (exact) mass is 387 g/mol. The molecule has 2 aliphatic rings. The van der Waals surface area contributed by atoms with Gasteiger partial charge in [0.25, 0.3) is 11.8 Å². The van der Waals surface area contributed by atoms with Crippen molar-refractivity contribution < 1.29 is 9.59 Å². The van der Waals surface area contributed by atoms with E-state index >= 15 is 0 Å². The van der Waals surface area contributed by atoms with Crippen LogP contribution in [0.25, 0.3) is 10.8 Å². The van der Waals surface area contributed by atoms with E-state index in [9.17, 15) is 9.59 Å². The minimum Gasteiger partial charge on any atom is -0.357 e. The Morgan fingerprint density at radius 2 is 1.93 bits per heavy atom. The van der Waals surface area contributed by atoms with Gasteiger partial charge in [-0.15, -0.1) is 0 Å². The molecule has 1 saturated heterocycles. The van der Waals surface area contributed by atoms with Crippen molar-refractivity contribution in [2.75, 3.05) is 13.1 Å². The summed E-state index contributed by atoms with van der Waals surface area (Å²) in [6, 6.07) is 14.1. The molecule has 148 valence electrons. The van der Waals surface area contributed by atoms with E-state index in [-0.39, 0.29) is 23.3 Å². The van der Waals surface area contributed by atoms with Crippen molar-refractivity contribution >= 4 is 22.6 Å². The molecule has 29 heavy (non-hydrogen) atoms. The average Bonchev–Trinajstić information content (AvgIpc) is 3.11. The first-order chi connectivity index (χ1) is 14.0. The van der Waals surface area contributed by atoms with E-state index in [1.54, 1.807) is 0 Å². The predicted molar refractivity (Wildman–Crippen MR) is 113 cm³/mol. The van der Waals surface area contributed by atoms with E-state index in [4.69, 9.17) is 0 Å². The molecule has 1 aliphatic carbocycles. The van der Waals surface area contributed by atoms with Crippen LogP contribution >= 0.6 is 0 Å². The summed E-state index contributed by atoms with van der Waals surface area (Å²) in [5.74, 6) is 0.0353. The molecule has 1 saturated carbocycles. The molecule has 0 bridgehead atoms. The highest BCUT2D eigenvalue weighted by atomic mass is 16.2. The summed E-state index contributed by atoms with van der Waals surface area (Å²) in [7, 11) is 0. The average molecular weight is 387 g/mol. The van der Waals surface area contributed by atoms with Crippen LogP contribution in [-0.4, -0.2) is 40.8 Å². The lowest BCUT2D eigenvalue weighted by molar-refractivity contribution is -0.0689. The van der Waals surface area contributed by atoms with Gasteiger partial charge in [-0.1, -0.05) is 30.3 Å². The van der Waals surface area contributed by atoms with Gasteiger partial charge in [0, 0.05) is 36.3 Å². The van der Waals surface area contributed by atoms with Gasteiger partial charge in [0.2, 0.25) is 0 Å². The second-order valence-electron chi connectivity index (χ2n) is 8.64. The Labute approximate surface area is 170 Å². The number of carbonyl (C=O) groups is 2. The van der Waals surface area contributed by atoms with Crippen LogP contribution in [0.15, 0.2) is 48.7 Å². The molecule has 1 spiro atoms. The second-order valence-corrected chi connectivity index (χ2v) is 8.64. The highest BCUT2D eigenvalue weighted by molar-refractivity contribution is 6.01. The number of amides is 2. The molecule has 2 aromatic carbocycles. The molecule has 1 aliphatic heterocycles. The largest absolute Gasteiger partial charge is 0.357 e. The van der Waals surface area contributed by atoms with E-state index in [1.165, 1.54) is 0 Å². The zero-order chi connectivity index (χ0) is 20.2. The Bertz CT molecular complexity index is 1120. The number of aromatic nitrogens is 1. The Kier molecular flexibility index (Phi) is 4.02. The molecule has 1 aromatic heterocycles. The van der Waals surface area contributed by atoms with Crippen molar-refractivity contribution in [1.82, 2.24) is 15.2 Å². The number of nitrogens with one attached hydrogen (secondary N) is 2. The molecular formula is C24H25N3O2. The molecule has 2 amide bonds. The molecule has 2 heterocycles. The normalized spacial score (nSPS) is 19.7. The van der Waals surface area contributed by atoms with Gasteiger partial charge in [0.05, 0.1) is 0 Å². The van der Waals surface area contributed by atoms with Gasteiger partial charge in [-0.2, -0.15) is 0 Å². The van der Waals surface area contributed by atoms with Crippen molar-refractivity contribution in [1.29, 1.82) is 0 Å². The minimum absolute atomic E-state index is 0.0119. The molecule has 3 aromatic rings. The Balaban J connectivity index is 1.27. The SMILES string of the molecule is Cc1c[nH]c(C(=O)N2CC3(CCC3NC(=O)c3ccc4ccccc4c3C)C2)c1. The number of aromatic amines is 1. The standard InChI is InChI=1S/C24H25N3O2/c1-15-11-20(25-12-15)23(29)27-13-24(14-27)10-9-21(24)26-22(28)19-8-7-17-5-3-4-6-18(17)16(19)2/h3-8,11-12,21,25H,9-10,13-14H2,1-2H3,(H,26,28). The maximum absolute atomic E-state index is 13.0. The number of nitrogens with zero attached hydrogens (tertiary/aromatic N) is 1. The lowest BCUT2D eigenvalue weighted by atomic mass is 9.59. The number of benzene rings is 2. The van der Waals surface area contributed by atoms with Crippen LogP contribution < -0.4 is 5.32 Å². The van der Waals surface area contributed by atoms with Crippen LogP contribution in [0.3, 0.4) is 0 Å². The third-order valence-corrected chi connectivity index (χ3v) is 6.77. The maximum Gasteiger partial charge on any atom is 0.270 e.